The largest absolute Gasteiger partial charge is 0.374 e. The molecule has 1 N–H and O–H groups in total. The molecule has 3 rings (SSSR count). The topological polar surface area (TPSA) is 33.6 Å². The van der Waals surface area contributed by atoms with Crippen LogP contribution in [0, 0.1) is 0 Å². The van der Waals surface area contributed by atoms with E-state index in [0.29, 0.717) is 12.7 Å². The summed E-state index contributed by atoms with van der Waals surface area (Å²) in [5.74, 6) is 0. The van der Waals surface area contributed by atoms with Gasteiger partial charge in [-0.15, -0.1) is 0 Å². The molecular formula is C20H24N2O. The van der Waals surface area contributed by atoms with Crippen LogP contribution in [0.5, 0.6) is 0 Å². The minimum Gasteiger partial charge on any atom is -0.374 e. The maximum Gasteiger partial charge on any atom is 0.0726 e. The maximum atomic E-state index is 6.09. The molecule has 0 amide bonds. The maximum absolute atomic E-state index is 6.09. The van der Waals surface area contributed by atoms with E-state index in [4.69, 9.17) is 4.74 Å². The number of hydrogen-bond acceptors (Lipinski definition) is 3. The third-order valence-electron chi connectivity index (χ3n) is 4.25. The number of rotatable bonds is 6. The fraction of sp³-hybridized carbons (Fsp3) is 0.350. The molecule has 3 heteroatoms. The second-order valence-corrected chi connectivity index (χ2v) is 6.01. The Balaban J connectivity index is 1.58. The van der Waals surface area contributed by atoms with Crippen molar-refractivity contribution in [2.45, 2.75) is 44.8 Å². The molecule has 23 heavy (non-hydrogen) atoms. The Labute approximate surface area is 138 Å². The van der Waals surface area contributed by atoms with Crippen LogP contribution in [0.25, 0.3) is 0 Å². The lowest BCUT2D eigenvalue weighted by Gasteiger charge is -2.22. The van der Waals surface area contributed by atoms with Crippen molar-refractivity contribution in [2.24, 2.45) is 5.10 Å². The molecule has 0 radical (unpaired) electrons. The average Bonchev–Trinajstić information content (AvgIpc) is 2.63. The van der Waals surface area contributed by atoms with Crippen LogP contribution in [0.4, 0.5) is 5.69 Å². The molecule has 3 nitrogen and oxygen atoms in total. The predicted octanol–water partition coefficient (Wildman–Crippen LogP) is 4.98. The van der Waals surface area contributed by atoms with Crippen molar-refractivity contribution in [1.29, 1.82) is 0 Å². The lowest BCUT2D eigenvalue weighted by molar-refractivity contribution is 0.0168. The summed E-state index contributed by atoms with van der Waals surface area (Å²) in [7, 11) is 0. The molecule has 0 bridgehead atoms. The van der Waals surface area contributed by atoms with Crippen LogP contribution in [0.1, 0.15) is 43.2 Å². The van der Waals surface area contributed by atoms with Gasteiger partial charge >= 0.3 is 0 Å². The highest BCUT2D eigenvalue weighted by atomic mass is 16.5. The van der Waals surface area contributed by atoms with Crippen LogP contribution in [0.2, 0.25) is 0 Å². The number of hydrogen-bond donors (Lipinski definition) is 1. The molecule has 0 saturated heterocycles. The molecule has 1 aliphatic carbocycles. The summed E-state index contributed by atoms with van der Waals surface area (Å²) < 4.78 is 6.09. The van der Waals surface area contributed by atoms with Crippen LogP contribution >= 0.6 is 0 Å². The fourth-order valence-corrected chi connectivity index (χ4v) is 2.92. The van der Waals surface area contributed by atoms with Gasteiger partial charge in [0.15, 0.2) is 0 Å². The molecule has 0 unspecified atom stereocenters. The van der Waals surface area contributed by atoms with E-state index in [0.717, 1.165) is 11.3 Å². The van der Waals surface area contributed by atoms with Gasteiger partial charge in [0.05, 0.1) is 24.6 Å². The van der Waals surface area contributed by atoms with Crippen LogP contribution in [-0.2, 0) is 11.3 Å². The molecule has 1 fully saturated rings. The van der Waals surface area contributed by atoms with Crippen molar-refractivity contribution in [3.8, 4) is 0 Å². The highest BCUT2D eigenvalue weighted by Gasteiger charge is 2.14. The first-order valence-electron chi connectivity index (χ1n) is 8.45. The van der Waals surface area contributed by atoms with Crippen molar-refractivity contribution in [3.05, 3.63) is 65.7 Å². The minimum atomic E-state index is 0.427. The van der Waals surface area contributed by atoms with E-state index in [-0.39, 0.29) is 0 Å². The van der Waals surface area contributed by atoms with Crippen molar-refractivity contribution >= 4 is 11.9 Å². The molecule has 0 atom stereocenters. The molecule has 0 aromatic heterocycles. The first-order valence-corrected chi connectivity index (χ1v) is 8.45. The standard InChI is InChI=1S/C20H24N2O/c1-3-11-19(12-4-1)22-21-15-17-9-7-8-10-18(17)16-23-20-13-5-2-6-14-20/h1,3-4,7-12,15,20,22H,2,5-6,13-14,16H2. The number of hydrazone groups is 1. The van der Waals surface area contributed by atoms with E-state index in [1.807, 2.05) is 42.6 Å². The lowest BCUT2D eigenvalue weighted by Crippen LogP contribution is -2.16. The van der Waals surface area contributed by atoms with Gasteiger partial charge in [-0.25, -0.2) is 0 Å². The molecule has 0 aliphatic heterocycles. The SMILES string of the molecule is C(=NNc1ccccc1)c1ccccc1COC1CCCCC1. The summed E-state index contributed by atoms with van der Waals surface area (Å²) in [5, 5.41) is 4.34. The van der Waals surface area contributed by atoms with E-state index in [1.165, 1.54) is 37.7 Å². The van der Waals surface area contributed by atoms with Gasteiger partial charge in [0.1, 0.15) is 0 Å². The smallest absolute Gasteiger partial charge is 0.0726 e. The van der Waals surface area contributed by atoms with E-state index in [1.54, 1.807) is 0 Å². The van der Waals surface area contributed by atoms with Gasteiger partial charge in [-0.3, -0.25) is 5.43 Å². The average molecular weight is 308 g/mol. The van der Waals surface area contributed by atoms with Gasteiger partial charge in [-0.1, -0.05) is 61.7 Å². The van der Waals surface area contributed by atoms with E-state index in [9.17, 15) is 0 Å². The first-order chi connectivity index (χ1) is 11.4. The summed E-state index contributed by atoms with van der Waals surface area (Å²) >= 11 is 0. The van der Waals surface area contributed by atoms with Gasteiger partial charge in [-0.05, 0) is 30.5 Å². The number of nitrogens with zero attached hydrogens (tertiary/aromatic N) is 1. The van der Waals surface area contributed by atoms with Gasteiger partial charge < -0.3 is 4.74 Å². The Kier molecular flexibility index (Phi) is 5.81. The predicted molar refractivity (Wildman–Crippen MR) is 95.8 cm³/mol. The Bertz CT molecular complexity index is 619. The molecule has 1 saturated carbocycles. The van der Waals surface area contributed by atoms with Crippen molar-refractivity contribution in [1.82, 2.24) is 0 Å². The van der Waals surface area contributed by atoms with E-state index in [2.05, 4.69) is 28.7 Å². The lowest BCUT2D eigenvalue weighted by atomic mass is 9.98. The van der Waals surface area contributed by atoms with Crippen LogP contribution in [-0.4, -0.2) is 12.3 Å². The highest BCUT2D eigenvalue weighted by molar-refractivity contribution is 5.82. The van der Waals surface area contributed by atoms with Gasteiger partial charge in [-0.2, -0.15) is 5.10 Å². The van der Waals surface area contributed by atoms with Crippen LogP contribution < -0.4 is 5.43 Å². The second-order valence-electron chi connectivity index (χ2n) is 6.01. The number of benzene rings is 2. The Morgan fingerprint density at radius 1 is 0.957 bits per heavy atom. The zero-order valence-electron chi connectivity index (χ0n) is 13.4. The summed E-state index contributed by atoms with van der Waals surface area (Å²) in [6.07, 6.45) is 8.65. The fourth-order valence-electron chi connectivity index (χ4n) is 2.92. The summed E-state index contributed by atoms with van der Waals surface area (Å²) in [6.45, 7) is 0.665. The highest BCUT2D eigenvalue weighted by Crippen LogP contribution is 2.22. The molecule has 1 aliphatic rings. The Morgan fingerprint density at radius 3 is 2.52 bits per heavy atom. The van der Waals surface area contributed by atoms with Gasteiger partial charge in [0.25, 0.3) is 0 Å². The summed E-state index contributed by atoms with van der Waals surface area (Å²) in [5.41, 5.74) is 6.34. The number of nitrogens with one attached hydrogen (secondary N) is 1. The van der Waals surface area contributed by atoms with E-state index < -0.39 is 0 Å². The van der Waals surface area contributed by atoms with Crippen molar-refractivity contribution in [2.75, 3.05) is 5.43 Å². The monoisotopic (exact) mass is 308 g/mol. The number of ether oxygens (including phenoxy) is 1. The van der Waals surface area contributed by atoms with Crippen molar-refractivity contribution in [3.63, 3.8) is 0 Å². The number of anilines is 1. The third kappa shape index (κ3) is 4.93. The zero-order valence-corrected chi connectivity index (χ0v) is 13.4. The van der Waals surface area contributed by atoms with Crippen LogP contribution in [0.3, 0.4) is 0 Å². The van der Waals surface area contributed by atoms with Gasteiger partial charge in [0.2, 0.25) is 0 Å². The second kappa shape index (κ2) is 8.49. The molecule has 2 aromatic rings. The molecule has 0 heterocycles. The normalized spacial score (nSPS) is 15.8. The third-order valence-corrected chi connectivity index (χ3v) is 4.25. The Hall–Kier alpha value is -2.13. The molecule has 2 aromatic carbocycles. The number of para-hydroxylation sites is 1. The van der Waals surface area contributed by atoms with Gasteiger partial charge in [0, 0.05) is 5.56 Å². The first kappa shape index (κ1) is 15.8. The molecule has 120 valence electrons. The summed E-state index contributed by atoms with van der Waals surface area (Å²) in [4.78, 5) is 0. The summed E-state index contributed by atoms with van der Waals surface area (Å²) in [6, 6.07) is 18.3. The van der Waals surface area contributed by atoms with Crippen molar-refractivity contribution < 1.29 is 4.74 Å². The quantitative estimate of drug-likeness (QED) is 0.603. The zero-order chi connectivity index (χ0) is 15.7. The molecular weight excluding hydrogens is 284 g/mol. The minimum absolute atomic E-state index is 0.427. The van der Waals surface area contributed by atoms with Crippen LogP contribution in [0.15, 0.2) is 59.7 Å². The molecule has 0 spiro atoms. The van der Waals surface area contributed by atoms with E-state index >= 15 is 0 Å². The Morgan fingerprint density at radius 2 is 1.70 bits per heavy atom.